The van der Waals surface area contributed by atoms with Crippen LogP contribution in [0.3, 0.4) is 0 Å². The molecule has 0 amide bonds. The van der Waals surface area contributed by atoms with Crippen molar-refractivity contribution in [2.45, 2.75) is 0 Å². The van der Waals surface area contributed by atoms with Gasteiger partial charge in [0, 0.05) is 5.56 Å². The predicted molar refractivity (Wildman–Crippen MR) is 82.8 cm³/mol. The van der Waals surface area contributed by atoms with E-state index in [-0.39, 0.29) is 4.77 Å². The van der Waals surface area contributed by atoms with E-state index in [0.717, 1.165) is 10.9 Å². The first-order valence-electron chi connectivity index (χ1n) is 6.11. The first-order chi connectivity index (χ1) is 10.6. The van der Waals surface area contributed by atoms with E-state index in [0.29, 0.717) is 22.8 Å². The molecule has 1 N–H and O–H groups in total. The number of nitrogens with one attached hydrogen (secondary N) is 1. The molecule has 0 aliphatic rings. The molecular formula is C13H14N4O4S. The molecule has 0 aliphatic heterocycles. The molecule has 8 nitrogen and oxygen atoms in total. The highest BCUT2D eigenvalue weighted by molar-refractivity contribution is 7.71. The lowest BCUT2D eigenvalue weighted by molar-refractivity contribution is 0.324. The number of benzene rings is 1. The maximum atomic E-state index is 11.6. The molecule has 0 atom stereocenters. The number of rotatable bonds is 5. The van der Waals surface area contributed by atoms with Crippen LogP contribution in [0, 0.1) is 4.77 Å². The molecule has 22 heavy (non-hydrogen) atoms. The van der Waals surface area contributed by atoms with Gasteiger partial charge < -0.3 is 14.2 Å². The quantitative estimate of drug-likeness (QED) is 0.657. The van der Waals surface area contributed by atoms with Gasteiger partial charge in [-0.05, 0) is 24.4 Å². The largest absolute Gasteiger partial charge is 0.493 e. The first kappa shape index (κ1) is 15.7. The minimum Gasteiger partial charge on any atom is -0.493 e. The molecule has 0 radical (unpaired) electrons. The molecule has 1 heterocycles. The summed E-state index contributed by atoms with van der Waals surface area (Å²) in [6, 6.07) is 3.40. The third-order valence-electron chi connectivity index (χ3n) is 2.75. The Labute approximate surface area is 131 Å². The van der Waals surface area contributed by atoms with E-state index >= 15 is 0 Å². The number of methoxy groups -OCH3 is 3. The molecule has 0 unspecified atom stereocenters. The van der Waals surface area contributed by atoms with Gasteiger partial charge in [0.2, 0.25) is 10.5 Å². The zero-order valence-corrected chi connectivity index (χ0v) is 13.0. The summed E-state index contributed by atoms with van der Waals surface area (Å²) in [7, 11) is 4.55. The lowest BCUT2D eigenvalue weighted by atomic mass is 10.2. The number of hydrogen-bond acceptors (Lipinski definition) is 7. The summed E-state index contributed by atoms with van der Waals surface area (Å²) in [6.07, 6.45) is 2.54. The maximum Gasteiger partial charge on any atom is 0.293 e. The number of H-pyrrole nitrogens is 1. The van der Waals surface area contributed by atoms with Crippen LogP contribution in [-0.4, -0.2) is 42.4 Å². The minimum atomic E-state index is -0.438. The molecular weight excluding hydrogens is 308 g/mol. The van der Waals surface area contributed by atoms with Crippen molar-refractivity contribution in [1.82, 2.24) is 14.9 Å². The third kappa shape index (κ3) is 3.14. The second-order valence-electron chi connectivity index (χ2n) is 4.03. The Morgan fingerprint density at radius 1 is 1.23 bits per heavy atom. The Morgan fingerprint density at radius 3 is 2.36 bits per heavy atom. The van der Waals surface area contributed by atoms with Crippen molar-refractivity contribution < 1.29 is 14.2 Å². The highest BCUT2D eigenvalue weighted by Crippen LogP contribution is 2.37. The molecule has 0 bridgehead atoms. The number of hydrogen-bond donors (Lipinski definition) is 1. The Morgan fingerprint density at radius 2 is 1.86 bits per heavy atom. The van der Waals surface area contributed by atoms with Crippen molar-refractivity contribution in [3.8, 4) is 17.2 Å². The van der Waals surface area contributed by atoms with Crippen LogP contribution in [0.1, 0.15) is 5.56 Å². The molecule has 116 valence electrons. The lowest BCUT2D eigenvalue weighted by Crippen LogP contribution is -2.18. The summed E-state index contributed by atoms with van der Waals surface area (Å²) in [5.41, 5.74) is 0.208. The SMILES string of the molecule is COc1cc(/C=N/n2c(=O)cn[nH]c2=S)cc(OC)c1OC. The van der Waals surface area contributed by atoms with E-state index in [9.17, 15) is 4.79 Å². The predicted octanol–water partition coefficient (Wildman–Crippen LogP) is 1.21. The fourth-order valence-electron chi connectivity index (χ4n) is 1.75. The summed E-state index contributed by atoms with van der Waals surface area (Å²) in [4.78, 5) is 11.6. The van der Waals surface area contributed by atoms with Crippen LogP contribution in [0.2, 0.25) is 0 Å². The van der Waals surface area contributed by atoms with Crippen molar-refractivity contribution in [3.63, 3.8) is 0 Å². The van der Waals surface area contributed by atoms with Crippen LogP contribution in [0.15, 0.2) is 28.2 Å². The van der Waals surface area contributed by atoms with Gasteiger partial charge in [0.15, 0.2) is 11.5 Å². The zero-order valence-electron chi connectivity index (χ0n) is 12.2. The Kier molecular flexibility index (Phi) is 4.89. The molecule has 0 saturated heterocycles. The fourth-order valence-corrected chi connectivity index (χ4v) is 1.94. The van der Waals surface area contributed by atoms with Crippen LogP contribution in [-0.2, 0) is 0 Å². The molecule has 0 spiro atoms. The highest BCUT2D eigenvalue weighted by Gasteiger charge is 2.12. The average Bonchev–Trinajstić information content (AvgIpc) is 2.53. The Bertz CT molecular complexity index is 759. The van der Waals surface area contributed by atoms with E-state index in [1.807, 2.05) is 0 Å². The normalized spacial score (nSPS) is 10.7. The topological polar surface area (TPSA) is 90.7 Å². The summed E-state index contributed by atoms with van der Waals surface area (Å²) in [5, 5.41) is 10.1. The van der Waals surface area contributed by atoms with Gasteiger partial charge in [-0.2, -0.15) is 14.9 Å². The maximum absolute atomic E-state index is 11.6. The summed E-state index contributed by atoms with van der Waals surface area (Å²) < 4.78 is 16.8. The fraction of sp³-hybridized carbons (Fsp3) is 0.231. The van der Waals surface area contributed by atoms with Crippen molar-refractivity contribution in [2.24, 2.45) is 5.10 Å². The molecule has 1 aromatic heterocycles. The Balaban J connectivity index is 2.48. The summed E-state index contributed by atoms with van der Waals surface area (Å²) >= 11 is 4.95. The van der Waals surface area contributed by atoms with Gasteiger partial charge in [0.05, 0.1) is 27.5 Å². The molecule has 0 fully saturated rings. The van der Waals surface area contributed by atoms with Crippen LogP contribution in [0.5, 0.6) is 17.2 Å². The molecule has 1 aromatic carbocycles. The standard InChI is InChI=1S/C13H14N4O4S/c1-19-9-4-8(5-10(20-2)12(9)21-3)6-15-17-11(18)7-14-16-13(17)22/h4-7H,1-3H3,(H,16,22)/b15-6+. The molecule has 2 aromatic rings. The Hall–Kier alpha value is -2.68. The van der Waals surface area contributed by atoms with Gasteiger partial charge in [0.1, 0.15) is 6.20 Å². The van der Waals surface area contributed by atoms with E-state index < -0.39 is 5.56 Å². The van der Waals surface area contributed by atoms with E-state index in [4.69, 9.17) is 26.4 Å². The van der Waals surface area contributed by atoms with Crippen LogP contribution < -0.4 is 19.8 Å². The number of nitrogens with zero attached hydrogens (tertiary/aromatic N) is 3. The van der Waals surface area contributed by atoms with Gasteiger partial charge in [-0.1, -0.05) is 0 Å². The van der Waals surface area contributed by atoms with E-state index in [2.05, 4.69) is 15.3 Å². The third-order valence-corrected chi connectivity index (χ3v) is 3.01. The van der Waals surface area contributed by atoms with Crippen LogP contribution >= 0.6 is 12.2 Å². The van der Waals surface area contributed by atoms with Gasteiger partial charge in [0.25, 0.3) is 5.56 Å². The number of aromatic nitrogens is 3. The van der Waals surface area contributed by atoms with E-state index in [1.165, 1.54) is 27.5 Å². The number of ether oxygens (including phenoxy) is 3. The zero-order chi connectivity index (χ0) is 16.1. The second kappa shape index (κ2) is 6.85. The van der Waals surface area contributed by atoms with Crippen molar-refractivity contribution in [1.29, 1.82) is 0 Å². The van der Waals surface area contributed by atoms with Crippen molar-refractivity contribution in [3.05, 3.63) is 39.0 Å². The van der Waals surface area contributed by atoms with Crippen molar-refractivity contribution >= 4 is 18.4 Å². The second-order valence-corrected chi connectivity index (χ2v) is 4.42. The van der Waals surface area contributed by atoms with Gasteiger partial charge >= 0.3 is 0 Å². The first-order valence-corrected chi connectivity index (χ1v) is 6.52. The highest BCUT2D eigenvalue weighted by atomic mass is 32.1. The monoisotopic (exact) mass is 322 g/mol. The lowest BCUT2D eigenvalue weighted by Gasteiger charge is -2.12. The molecule has 0 aliphatic carbocycles. The van der Waals surface area contributed by atoms with Crippen LogP contribution in [0.25, 0.3) is 0 Å². The average molecular weight is 322 g/mol. The number of aromatic amines is 1. The van der Waals surface area contributed by atoms with Gasteiger partial charge in [-0.3, -0.25) is 9.89 Å². The smallest absolute Gasteiger partial charge is 0.293 e. The summed E-state index contributed by atoms with van der Waals surface area (Å²) in [5.74, 6) is 1.44. The van der Waals surface area contributed by atoms with Crippen LogP contribution in [0.4, 0.5) is 0 Å². The minimum absolute atomic E-state index is 0.0937. The molecule has 9 heteroatoms. The summed E-state index contributed by atoms with van der Waals surface area (Å²) in [6.45, 7) is 0. The molecule has 2 rings (SSSR count). The van der Waals surface area contributed by atoms with Gasteiger partial charge in [-0.15, -0.1) is 0 Å². The van der Waals surface area contributed by atoms with Crippen molar-refractivity contribution in [2.75, 3.05) is 21.3 Å². The molecule has 0 saturated carbocycles. The van der Waals surface area contributed by atoms with E-state index in [1.54, 1.807) is 12.1 Å². The van der Waals surface area contributed by atoms with Gasteiger partial charge in [-0.25, -0.2) is 0 Å².